The molecule has 0 unspecified atom stereocenters. The Morgan fingerprint density at radius 3 is 2.56 bits per heavy atom. The Kier molecular flexibility index (Phi) is 5.47. The highest BCUT2D eigenvalue weighted by atomic mass is 35.5. The Morgan fingerprint density at radius 1 is 1.32 bits per heavy atom. The van der Waals surface area contributed by atoms with E-state index in [1.54, 1.807) is 32.9 Å². The molecule has 0 aliphatic heterocycles. The molecule has 0 saturated carbocycles. The molecule has 0 aliphatic rings. The van der Waals surface area contributed by atoms with Gasteiger partial charge in [-0.25, -0.2) is 9.59 Å². The van der Waals surface area contributed by atoms with Gasteiger partial charge in [0.05, 0.1) is 12.1 Å². The summed E-state index contributed by atoms with van der Waals surface area (Å²) in [6.07, 6.45) is -0.240. The lowest BCUT2D eigenvalue weighted by atomic mass is 10.1. The fourth-order valence-corrected chi connectivity index (χ4v) is 2.69. The number of carboxylic acids is 1. The third kappa shape index (κ3) is 4.57. The number of hydrogen-bond acceptors (Lipinski definition) is 4. The van der Waals surface area contributed by atoms with Crippen LogP contribution in [0.1, 0.15) is 36.8 Å². The van der Waals surface area contributed by atoms with Gasteiger partial charge >= 0.3 is 12.1 Å². The van der Waals surface area contributed by atoms with Crippen molar-refractivity contribution >= 4 is 34.6 Å². The molecule has 1 aromatic carbocycles. The van der Waals surface area contributed by atoms with E-state index in [1.165, 1.54) is 7.11 Å². The number of fused-ring (bicyclic) bond motifs is 1. The number of methoxy groups -OCH3 is 1. The Hall–Kier alpha value is -2.41. The number of aromatic carboxylic acids is 1. The van der Waals surface area contributed by atoms with Crippen LogP contribution in [0.4, 0.5) is 4.79 Å². The van der Waals surface area contributed by atoms with Gasteiger partial charge < -0.3 is 24.9 Å². The summed E-state index contributed by atoms with van der Waals surface area (Å²) in [7, 11) is 1.49. The Labute approximate surface area is 150 Å². The summed E-state index contributed by atoms with van der Waals surface area (Å²) in [5.74, 6) is -0.634. The Morgan fingerprint density at radius 2 is 2.00 bits per heavy atom. The van der Waals surface area contributed by atoms with Crippen LogP contribution in [0.5, 0.6) is 5.75 Å². The SMILES string of the molecule is COc1cc2c(CCNC(=O)OC(C)(C)C)c(C(=O)O)[nH]c2cc1Cl. The number of alkyl carbamates (subject to hydrolysis) is 1. The molecule has 1 heterocycles. The first-order valence-electron chi connectivity index (χ1n) is 7.70. The maximum absolute atomic E-state index is 11.7. The highest BCUT2D eigenvalue weighted by Crippen LogP contribution is 2.33. The quantitative estimate of drug-likeness (QED) is 0.748. The fourth-order valence-electron chi connectivity index (χ4n) is 2.45. The van der Waals surface area contributed by atoms with E-state index < -0.39 is 17.7 Å². The zero-order valence-electron chi connectivity index (χ0n) is 14.5. The van der Waals surface area contributed by atoms with Gasteiger partial charge in [0, 0.05) is 17.4 Å². The summed E-state index contributed by atoms with van der Waals surface area (Å²) in [6.45, 7) is 5.54. The summed E-state index contributed by atoms with van der Waals surface area (Å²) in [5, 5.41) is 13.1. The van der Waals surface area contributed by atoms with Crippen molar-refractivity contribution in [3.05, 3.63) is 28.4 Å². The average Bonchev–Trinajstić information content (AvgIpc) is 2.82. The maximum atomic E-state index is 11.7. The number of hydrogen-bond donors (Lipinski definition) is 3. The van der Waals surface area contributed by atoms with E-state index in [-0.39, 0.29) is 12.2 Å². The highest BCUT2D eigenvalue weighted by Gasteiger charge is 2.20. The summed E-state index contributed by atoms with van der Waals surface area (Å²) in [6, 6.07) is 3.30. The van der Waals surface area contributed by atoms with Gasteiger partial charge in [0.2, 0.25) is 0 Å². The first kappa shape index (κ1) is 18.9. The summed E-state index contributed by atoms with van der Waals surface area (Å²) in [4.78, 5) is 26.1. The zero-order valence-corrected chi connectivity index (χ0v) is 15.3. The summed E-state index contributed by atoms with van der Waals surface area (Å²) < 4.78 is 10.4. The molecule has 0 atom stereocenters. The van der Waals surface area contributed by atoms with Crippen molar-refractivity contribution in [2.24, 2.45) is 0 Å². The molecule has 0 radical (unpaired) electrons. The van der Waals surface area contributed by atoms with E-state index in [4.69, 9.17) is 21.1 Å². The molecule has 2 aromatic rings. The zero-order chi connectivity index (χ0) is 18.8. The van der Waals surface area contributed by atoms with Gasteiger partial charge in [0.25, 0.3) is 0 Å². The summed E-state index contributed by atoms with van der Waals surface area (Å²) in [5.41, 5.74) is 0.621. The van der Waals surface area contributed by atoms with Crippen LogP contribution in [0, 0.1) is 0 Å². The lowest BCUT2D eigenvalue weighted by Gasteiger charge is -2.19. The molecule has 3 N–H and O–H groups in total. The van der Waals surface area contributed by atoms with Crippen molar-refractivity contribution in [1.82, 2.24) is 10.3 Å². The van der Waals surface area contributed by atoms with Crippen LogP contribution in [0.25, 0.3) is 10.9 Å². The molecule has 25 heavy (non-hydrogen) atoms. The number of carboxylic acid groups (broad SMARTS) is 1. The van der Waals surface area contributed by atoms with Crippen LogP contribution in [0.2, 0.25) is 5.02 Å². The number of halogens is 1. The molecule has 0 saturated heterocycles. The van der Waals surface area contributed by atoms with Gasteiger partial charge in [-0.2, -0.15) is 0 Å². The minimum absolute atomic E-state index is 0.0605. The van der Waals surface area contributed by atoms with Crippen LogP contribution < -0.4 is 10.1 Å². The number of carbonyl (C=O) groups excluding carboxylic acids is 1. The number of benzene rings is 1. The van der Waals surface area contributed by atoms with Crippen molar-refractivity contribution < 1.29 is 24.2 Å². The van der Waals surface area contributed by atoms with Gasteiger partial charge in [-0.15, -0.1) is 0 Å². The third-order valence-corrected chi connectivity index (χ3v) is 3.73. The normalized spacial score (nSPS) is 11.4. The molecular formula is C17H21ClN2O5. The second-order valence-corrected chi connectivity index (χ2v) is 6.90. The molecule has 0 bridgehead atoms. The van der Waals surface area contributed by atoms with E-state index in [0.717, 1.165) is 0 Å². The number of aromatic nitrogens is 1. The minimum Gasteiger partial charge on any atom is -0.495 e. The molecule has 1 aromatic heterocycles. The van der Waals surface area contributed by atoms with E-state index in [9.17, 15) is 14.7 Å². The average molecular weight is 369 g/mol. The van der Waals surface area contributed by atoms with Crippen LogP contribution in [-0.4, -0.2) is 41.4 Å². The third-order valence-electron chi connectivity index (χ3n) is 3.44. The van der Waals surface area contributed by atoms with Crippen LogP contribution in [-0.2, 0) is 11.2 Å². The molecule has 0 spiro atoms. The van der Waals surface area contributed by atoms with Crippen molar-refractivity contribution in [2.75, 3.05) is 13.7 Å². The van der Waals surface area contributed by atoms with E-state index in [2.05, 4.69) is 10.3 Å². The number of aromatic amines is 1. The topological polar surface area (TPSA) is 101 Å². The van der Waals surface area contributed by atoms with E-state index in [0.29, 0.717) is 33.7 Å². The standard InChI is InChI=1S/C17H21ClN2O5/c1-17(2,3)25-16(23)19-6-5-9-10-7-13(24-4)11(18)8-12(10)20-14(9)15(21)22/h7-8,20H,5-6H2,1-4H3,(H,19,23)(H,21,22). The molecule has 0 fully saturated rings. The van der Waals surface area contributed by atoms with Gasteiger partial charge in [0.15, 0.2) is 0 Å². The predicted octanol–water partition coefficient (Wildman–Crippen LogP) is 3.60. The number of amides is 1. The van der Waals surface area contributed by atoms with Gasteiger partial charge in [-0.05, 0) is 44.9 Å². The van der Waals surface area contributed by atoms with Crippen molar-refractivity contribution in [3.63, 3.8) is 0 Å². The molecule has 1 amide bonds. The van der Waals surface area contributed by atoms with Gasteiger partial charge in [-0.3, -0.25) is 0 Å². The number of nitrogens with one attached hydrogen (secondary N) is 2. The van der Waals surface area contributed by atoms with Crippen LogP contribution >= 0.6 is 11.6 Å². The van der Waals surface area contributed by atoms with Crippen molar-refractivity contribution in [3.8, 4) is 5.75 Å². The number of H-pyrrole nitrogens is 1. The maximum Gasteiger partial charge on any atom is 0.407 e. The second kappa shape index (κ2) is 7.23. The lowest BCUT2D eigenvalue weighted by molar-refractivity contribution is 0.0528. The van der Waals surface area contributed by atoms with Crippen LogP contribution in [0.3, 0.4) is 0 Å². The lowest BCUT2D eigenvalue weighted by Crippen LogP contribution is -2.33. The number of rotatable bonds is 5. The minimum atomic E-state index is -1.08. The summed E-state index contributed by atoms with van der Waals surface area (Å²) >= 11 is 6.09. The highest BCUT2D eigenvalue weighted by molar-refractivity contribution is 6.32. The molecule has 7 nitrogen and oxygen atoms in total. The van der Waals surface area contributed by atoms with Gasteiger partial charge in [-0.1, -0.05) is 11.6 Å². The Balaban J connectivity index is 2.25. The number of ether oxygens (including phenoxy) is 2. The second-order valence-electron chi connectivity index (χ2n) is 6.49. The largest absolute Gasteiger partial charge is 0.495 e. The van der Waals surface area contributed by atoms with Crippen LogP contribution in [0.15, 0.2) is 12.1 Å². The molecule has 2 rings (SSSR count). The molecular weight excluding hydrogens is 348 g/mol. The monoisotopic (exact) mass is 368 g/mol. The molecule has 8 heteroatoms. The smallest absolute Gasteiger partial charge is 0.407 e. The van der Waals surface area contributed by atoms with Gasteiger partial charge in [0.1, 0.15) is 17.0 Å². The van der Waals surface area contributed by atoms with Crippen molar-refractivity contribution in [2.45, 2.75) is 32.8 Å². The first-order chi connectivity index (χ1) is 11.6. The van der Waals surface area contributed by atoms with E-state index in [1.807, 2.05) is 0 Å². The number of carbonyl (C=O) groups is 2. The molecule has 136 valence electrons. The van der Waals surface area contributed by atoms with Crippen molar-refractivity contribution in [1.29, 1.82) is 0 Å². The molecule has 0 aliphatic carbocycles. The predicted molar refractivity (Wildman–Crippen MR) is 94.8 cm³/mol. The Bertz CT molecular complexity index is 807. The first-order valence-corrected chi connectivity index (χ1v) is 8.08. The fraction of sp³-hybridized carbons (Fsp3) is 0.412. The van der Waals surface area contributed by atoms with E-state index >= 15 is 0 Å².